The van der Waals surface area contributed by atoms with Gasteiger partial charge in [0, 0.05) is 38.5 Å². The molecule has 38 heavy (non-hydrogen) atoms. The number of anilines is 2. The molecule has 5 aromatic rings. The highest BCUT2D eigenvalue weighted by Gasteiger charge is 2.29. The Labute approximate surface area is 241 Å². The van der Waals surface area contributed by atoms with Crippen LogP contribution in [0.3, 0.4) is 0 Å². The maximum atomic E-state index is 6.37. The van der Waals surface area contributed by atoms with Crippen molar-refractivity contribution in [2.75, 3.05) is 10.6 Å². The number of para-hydroxylation sites is 1. The highest BCUT2D eigenvalue weighted by molar-refractivity contribution is 9.10. The quantitative estimate of drug-likeness (QED) is 0.192. The molecule has 0 bridgehead atoms. The Morgan fingerprint density at radius 1 is 1.03 bits per heavy atom. The van der Waals surface area contributed by atoms with Crippen molar-refractivity contribution in [3.05, 3.63) is 105 Å². The Balaban J connectivity index is 1.49. The van der Waals surface area contributed by atoms with Gasteiger partial charge in [0.1, 0.15) is 16.3 Å². The zero-order valence-electron chi connectivity index (χ0n) is 21.0. The van der Waals surface area contributed by atoms with Crippen LogP contribution in [0.15, 0.2) is 77.3 Å². The lowest BCUT2D eigenvalue weighted by molar-refractivity contribution is 0.619. The van der Waals surface area contributed by atoms with Crippen LogP contribution in [0.25, 0.3) is 16.8 Å². The minimum Gasteiger partial charge on any atom is -0.377 e. The van der Waals surface area contributed by atoms with Gasteiger partial charge < -0.3 is 15.2 Å². The number of hydrogen-bond donors (Lipinski definition) is 2. The molecular weight excluding hydrogens is 578 g/mol. The summed E-state index contributed by atoms with van der Waals surface area (Å²) in [5.74, 6) is 0.980. The molecule has 8 heteroatoms. The van der Waals surface area contributed by atoms with Crippen LogP contribution < -0.4 is 10.6 Å². The normalized spacial score (nSPS) is 12.9. The van der Waals surface area contributed by atoms with E-state index in [1.165, 1.54) is 5.56 Å². The summed E-state index contributed by atoms with van der Waals surface area (Å²) in [5, 5.41) is 13.0. The van der Waals surface area contributed by atoms with Crippen molar-refractivity contribution in [2.45, 2.75) is 39.3 Å². The van der Waals surface area contributed by atoms with E-state index in [0.717, 1.165) is 80.5 Å². The number of thiocarbonyl (C=S) groups is 1. The molecule has 1 aliphatic heterocycles. The van der Waals surface area contributed by atoms with Gasteiger partial charge in [-0.15, -0.1) is 0 Å². The second-order valence-electron chi connectivity index (χ2n) is 9.56. The van der Waals surface area contributed by atoms with Crippen LogP contribution in [0.4, 0.5) is 11.4 Å². The first-order chi connectivity index (χ1) is 18.5. The number of aromatic nitrogens is 3. The molecule has 1 aliphatic rings. The molecule has 0 radical (unpaired) electrons. The molecule has 2 N–H and O–H groups in total. The Bertz CT molecular complexity index is 1640. The predicted octanol–water partition coefficient (Wildman–Crippen LogP) is 8.26. The number of nitrogens with one attached hydrogen (secondary N) is 2. The summed E-state index contributed by atoms with van der Waals surface area (Å²) in [4.78, 5) is 0.658. The van der Waals surface area contributed by atoms with Gasteiger partial charge in [0.25, 0.3) is 0 Å². The maximum Gasteiger partial charge on any atom is 0.150 e. The summed E-state index contributed by atoms with van der Waals surface area (Å²) in [6.07, 6.45) is 3.20. The molecule has 2 aromatic heterocycles. The average Bonchev–Trinajstić information content (AvgIpc) is 3.32. The minimum absolute atomic E-state index is 0.592. The lowest BCUT2D eigenvalue weighted by atomic mass is 9.98. The topological polar surface area (TPSA) is 46.3 Å². The molecule has 0 aliphatic carbocycles. The summed E-state index contributed by atoms with van der Waals surface area (Å²) in [7, 11) is 0. The van der Waals surface area contributed by atoms with Crippen molar-refractivity contribution in [2.24, 2.45) is 0 Å². The van der Waals surface area contributed by atoms with E-state index in [1.807, 2.05) is 49.4 Å². The van der Waals surface area contributed by atoms with Crippen molar-refractivity contribution in [1.29, 1.82) is 0 Å². The zero-order chi connectivity index (χ0) is 26.2. The molecule has 0 saturated heterocycles. The van der Waals surface area contributed by atoms with E-state index in [2.05, 4.69) is 66.0 Å². The van der Waals surface area contributed by atoms with Crippen molar-refractivity contribution < 1.29 is 0 Å². The van der Waals surface area contributed by atoms with Crippen molar-refractivity contribution in [1.82, 2.24) is 14.2 Å². The Kier molecular flexibility index (Phi) is 6.99. The van der Waals surface area contributed by atoms with Crippen molar-refractivity contribution >= 4 is 61.8 Å². The molecule has 0 atom stereocenters. The van der Waals surface area contributed by atoms with Gasteiger partial charge in [-0.1, -0.05) is 76.1 Å². The molecule has 3 heterocycles. The van der Waals surface area contributed by atoms with Gasteiger partial charge in [0.2, 0.25) is 0 Å². The molecule has 0 fully saturated rings. The first kappa shape index (κ1) is 25.2. The van der Waals surface area contributed by atoms with Gasteiger partial charge in [-0.3, -0.25) is 0 Å². The minimum atomic E-state index is 0.592. The van der Waals surface area contributed by atoms with Gasteiger partial charge in [0.05, 0.1) is 6.54 Å². The summed E-state index contributed by atoms with van der Waals surface area (Å²) in [6, 6.07) is 24.5. The van der Waals surface area contributed by atoms with E-state index in [0.29, 0.717) is 11.5 Å². The Morgan fingerprint density at radius 2 is 1.82 bits per heavy atom. The SMILES string of the molecule is Cc1c(Cl)cccc1NCc1nn2c(C(=S)Nc3ccccc3)c(-c3ccc(Br)cc3)c3c2n1CCCC3. The Hall–Kier alpha value is -3.13. The number of halogens is 2. The van der Waals surface area contributed by atoms with E-state index < -0.39 is 0 Å². The largest absolute Gasteiger partial charge is 0.377 e. The summed E-state index contributed by atoms with van der Waals surface area (Å²) >= 11 is 16.0. The first-order valence-corrected chi connectivity index (χ1v) is 14.3. The number of rotatable bonds is 6. The molecule has 192 valence electrons. The fraction of sp³-hybridized carbons (Fsp3) is 0.200. The molecule has 6 rings (SSSR count). The number of nitrogens with zero attached hydrogens (tertiary/aromatic N) is 3. The number of benzene rings is 3. The Morgan fingerprint density at radius 3 is 2.61 bits per heavy atom. The van der Waals surface area contributed by atoms with E-state index in [-0.39, 0.29) is 0 Å². The smallest absolute Gasteiger partial charge is 0.150 e. The molecule has 0 unspecified atom stereocenters. The van der Waals surface area contributed by atoms with Crippen LogP contribution in [-0.2, 0) is 19.5 Å². The van der Waals surface area contributed by atoms with E-state index in [9.17, 15) is 0 Å². The van der Waals surface area contributed by atoms with E-state index in [1.54, 1.807) is 0 Å². The predicted molar refractivity (Wildman–Crippen MR) is 165 cm³/mol. The fourth-order valence-electron chi connectivity index (χ4n) is 5.26. The molecule has 0 spiro atoms. The van der Waals surface area contributed by atoms with Crippen LogP contribution in [0, 0.1) is 6.92 Å². The van der Waals surface area contributed by atoms with Crippen LogP contribution in [0.2, 0.25) is 5.02 Å². The molecular formula is C30H27BrClN5S. The number of hydrogen-bond acceptors (Lipinski definition) is 3. The third-order valence-electron chi connectivity index (χ3n) is 7.15. The maximum absolute atomic E-state index is 6.37. The van der Waals surface area contributed by atoms with Crippen LogP contribution in [0.5, 0.6) is 0 Å². The number of aryl methyl sites for hydroxylation is 2. The van der Waals surface area contributed by atoms with Crippen molar-refractivity contribution in [3.63, 3.8) is 0 Å². The van der Waals surface area contributed by atoms with Gasteiger partial charge in [0.15, 0.2) is 5.82 Å². The fourth-order valence-corrected chi connectivity index (χ4v) is 6.00. The van der Waals surface area contributed by atoms with E-state index >= 15 is 0 Å². The average molecular weight is 605 g/mol. The van der Waals surface area contributed by atoms with Crippen molar-refractivity contribution in [3.8, 4) is 11.1 Å². The highest BCUT2D eigenvalue weighted by Crippen LogP contribution is 2.38. The first-order valence-electron chi connectivity index (χ1n) is 12.8. The molecule has 3 aromatic carbocycles. The van der Waals surface area contributed by atoms with E-state index in [4.69, 9.17) is 28.9 Å². The highest BCUT2D eigenvalue weighted by atomic mass is 79.9. The second kappa shape index (κ2) is 10.6. The summed E-state index contributed by atoms with van der Waals surface area (Å²) < 4.78 is 5.49. The zero-order valence-corrected chi connectivity index (χ0v) is 24.1. The van der Waals surface area contributed by atoms with Gasteiger partial charge in [-0.2, -0.15) is 5.10 Å². The summed E-state index contributed by atoms with van der Waals surface area (Å²) in [6.45, 7) is 3.54. The third kappa shape index (κ3) is 4.64. The van der Waals surface area contributed by atoms with Gasteiger partial charge in [-0.05, 0) is 73.7 Å². The van der Waals surface area contributed by atoms with Crippen LogP contribution >= 0.6 is 39.7 Å². The third-order valence-corrected chi connectivity index (χ3v) is 8.38. The van der Waals surface area contributed by atoms with Crippen LogP contribution in [0.1, 0.15) is 35.5 Å². The standard InChI is InChI=1S/C30H27BrClN5S/c1-19-24(32)11-7-12-25(19)33-18-26-35-37-28(29(38)34-22-8-3-2-4-9-22)27(20-13-15-21(31)16-14-20)23-10-5-6-17-36(26)30(23)37/h2-4,7-9,11-16,33H,5-6,10,17-18H2,1H3,(H,34,38). The van der Waals surface area contributed by atoms with Crippen LogP contribution in [-0.4, -0.2) is 19.2 Å². The second-order valence-corrected chi connectivity index (χ2v) is 11.3. The summed E-state index contributed by atoms with van der Waals surface area (Å²) in [5.41, 5.74) is 8.68. The van der Waals surface area contributed by atoms with Gasteiger partial charge in [-0.25, -0.2) is 4.52 Å². The lowest BCUT2D eigenvalue weighted by Gasteiger charge is -2.12. The molecule has 0 amide bonds. The lowest BCUT2D eigenvalue weighted by Crippen LogP contribution is -2.15. The molecule has 5 nitrogen and oxygen atoms in total. The van der Waals surface area contributed by atoms with Gasteiger partial charge >= 0.3 is 0 Å². The monoisotopic (exact) mass is 603 g/mol. The molecule has 0 saturated carbocycles.